The van der Waals surface area contributed by atoms with Crippen LogP contribution in [0.4, 0.5) is 0 Å². The molecule has 0 N–H and O–H groups in total. The fraction of sp³-hybridized carbons (Fsp3) is 0.294. The van der Waals surface area contributed by atoms with Gasteiger partial charge in [0.1, 0.15) is 5.75 Å². The van der Waals surface area contributed by atoms with E-state index >= 15 is 0 Å². The van der Waals surface area contributed by atoms with Crippen LogP contribution in [0.2, 0.25) is 0 Å². The Hall–Kier alpha value is -0.990. The summed E-state index contributed by atoms with van der Waals surface area (Å²) in [7, 11) is 1.68. The quantitative estimate of drug-likeness (QED) is 0.650. The van der Waals surface area contributed by atoms with Crippen molar-refractivity contribution in [1.29, 1.82) is 0 Å². The van der Waals surface area contributed by atoms with Crippen molar-refractivity contribution in [3.05, 3.63) is 63.1 Å². The molecule has 0 fully saturated rings. The first-order valence-electron chi connectivity index (χ1n) is 6.55. The van der Waals surface area contributed by atoms with Gasteiger partial charge in [-0.3, -0.25) is 0 Å². The highest BCUT2D eigenvalue weighted by Gasteiger charge is 2.16. The van der Waals surface area contributed by atoms with Gasteiger partial charge in [0, 0.05) is 10.0 Å². The standard InChI is InChI=1S/C17H18BrClO/c1-11-4-6-13(7-5-11)9-16(19)14-10-15(18)12(2)8-17(14)20-3/h4-8,10,16H,9H2,1-3H3. The molecule has 0 spiro atoms. The lowest BCUT2D eigenvalue weighted by molar-refractivity contribution is 0.408. The molecule has 0 aliphatic carbocycles. The summed E-state index contributed by atoms with van der Waals surface area (Å²) in [4.78, 5) is 0. The second-order valence-electron chi connectivity index (χ2n) is 5.00. The zero-order valence-corrected chi connectivity index (χ0v) is 14.3. The van der Waals surface area contributed by atoms with Gasteiger partial charge in [0.05, 0.1) is 12.5 Å². The predicted molar refractivity (Wildman–Crippen MR) is 88.9 cm³/mol. The van der Waals surface area contributed by atoms with E-state index in [1.54, 1.807) is 7.11 Å². The van der Waals surface area contributed by atoms with Gasteiger partial charge in [-0.05, 0) is 43.5 Å². The van der Waals surface area contributed by atoms with E-state index in [2.05, 4.69) is 53.2 Å². The van der Waals surface area contributed by atoms with Crippen LogP contribution < -0.4 is 4.74 Å². The maximum Gasteiger partial charge on any atom is 0.123 e. The molecule has 1 nitrogen and oxygen atoms in total. The third-order valence-corrected chi connectivity index (χ3v) is 4.63. The Labute approximate surface area is 134 Å². The van der Waals surface area contributed by atoms with Crippen LogP contribution in [0.15, 0.2) is 40.9 Å². The van der Waals surface area contributed by atoms with E-state index in [9.17, 15) is 0 Å². The van der Waals surface area contributed by atoms with Crippen molar-refractivity contribution in [2.24, 2.45) is 0 Å². The minimum absolute atomic E-state index is 0.107. The van der Waals surface area contributed by atoms with Gasteiger partial charge in [-0.2, -0.15) is 0 Å². The Bertz CT molecular complexity index is 593. The van der Waals surface area contributed by atoms with E-state index in [4.69, 9.17) is 16.3 Å². The van der Waals surface area contributed by atoms with Gasteiger partial charge >= 0.3 is 0 Å². The maximum absolute atomic E-state index is 6.59. The molecule has 2 aromatic carbocycles. The molecule has 0 aromatic heterocycles. The van der Waals surface area contributed by atoms with Crippen LogP contribution in [0, 0.1) is 13.8 Å². The molecule has 2 aromatic rings. The number of hydrogen-bond acceptors (Lipinski definition) is 1. The lowest BCUT2D eigenvalue weighted by atomic mass is 10.0. The molecule has 0 bridgehead atoms. The molecule has 1 unspecified atom stereocenters. The molecule has 1 atom stereocenters. The molecule has 106 valence electrons. The molecule has 0 heterocycles. The normalized spacial score (nSPS) is 12.2. The SMILES string of the molecule is COc1cc(C)c(Br)cc1C(Cl)Cc1ccc(C)cc1. The highest BCUT2D eigenvalue weighted by molar-refractivity contribution is 9.10. The monoisotopic (exact) mass is 352 g/mol. The maximum atomic E-state index is 6.59. The number of hydrogen-bond donors (Lipinski definition) is 0. The smallest absolute Gasteiger partial charge is 0.123 e. The average molecular weight is 354 g/mol. The van der Waals surface area contributed by atoms with Gasteiger partial charge in [0.15, 0.2) is 0 Å². The Morgan fingerprint density at radius 1 is 1.15 bits per heavy atom. The highest BCUT2D eigenvalue weighted by atomic mass is 79.9. The number of rotatable bonds is 4. The molecule has 0 amide bonds. The first kappa shape index (κ1) is 15.4. The summed E-state index contributed by atoms with van der Waals surface area (Å²) in [5, 5.41) is -0.107. The van der Waals surface area contributed by atoms with Crippen LogP contribution in [-0.2, 0) is 6.42 Å². The average Bonchev–Trinajstić information content (AvgIpc) is 2.43. The van der Waals surface area contributed by atoms with Crippen LogP contribution in [-0.4, -0.2) is 7.11 Å². The molecule has 2 rings (SSSR count). The van der Waals surface area contributed by atoms with Crippen molar-refractivity contribution >= 4 is 27.5 Å². The molecule has 0 saturated heterocycles. The van der Waals surface area contributed by atoms with Crippen molar-refractivity contribution in [3.63, 3.8) is 0 Å². The number of halogens is 2. The van der Waals surface area contributed by atoms with Crippen LogP contribution in [0.5, 0.6) is 5.75 Å². The summed E-state index contributed by atoms with van der Waals surface area (Å²) >= 11 is 10.1. The van der Waals surface area contributed by atoms with Crippen LogP contribution >= 0.6 is 27.5 Å². The van der Waals surface area contributed by atoms with Gasteiger partial charge in [-0.25, -0.2) is 0 Å². The van der Waals surface area contributed by atoms with Crippen molar-refractivity contribution in [1.82, 2.24) is 0 Å². The van der Waals surface area contributed by atoms with E-state index in [0.717, 1.165) is 27.8 Å². The third-order valence-electron chi connectivity index (χ3n) is 3.38. The van der Waals surface area contributed by atoms with Crippen LogP contribution in [0.1, 0.15) is 27.6 Å². The summed E-state index contributed by atoms with van der Waals surface area (Å²) in [5.74, 6) is 0.845. The molecule has 0 radical (unpaired) electrons. The van der Waals surface area contributed by atoms with Gasteiger partial charge in [-0.1, -0.05) is 45.8 Å². The number of benzene rings is 2. The molecule has 20 heavy (non-hydrogen) atoms. The highest BCUT2D eigenvalue weighted by Crippen LogP contribution is 2.36. The van der Waals surface area contributed by atoms with E-state index in [-0.39, 0.29) is 5.38 Å². The Kier molecular flexibility index (Phi) is 5.11. The van der Waals surface area contributed by atoms with Crippen molar-refractivity contribution in [2.45, 2.75) is 25.6 Å². The molecule has 0 saturated carbocycles. The Morgan fingerprint density at radius 3 is 2.40 bits per heavy atom. The lowest BCUT2D eigenvalue weighted by Gasteiger charge is -2.16. The molecule has 3 heteroatoms. The van der Waals surface area contributed by atoms with Gasteiger partial charge in [0.25, 0.3) is 0 Å². The summed E-state index contributed by atoms with van der Waals surface area (Å²) in [6.07, 6.45) is 0.785. The van der Waals surface area contributed by atoms with Crippen molar-refractivity contribution in [3.8, 4) is 5.75 Å². The number of methoxy groups -OCH3 is 1. The largest absolute Gasteiger partial charge is 0.496 e. The van der Waals surface area contributed by atoms with Crippen LogP contribution in [0.3, 0.4) is 0 Å². The minimum Gasteiger partial charge on any atom is -0.496 e. The Morgan fingerprint density at radius 2 is 1.80 bits per heavy atom. The second-order valence-corrected chi connectivity index (χ2v) is 6.38. The predicted octanol–water partition coefficient (Wildman–Crippen LogP) is 5.60. The molecular formula is C17H18BrClO. The summed E-state index contributed by atoms with van der Waals surface area (Å²) in [5.41, 5.74) is 4.65. The van der Waals surface area contributed by atoms with E-state index in [1.165, 1.54) is 11.1 Å². The first-order valence-corrected chi connectivity index (χ1v) is 7.78. The van der Waals surface area contributed by atoms with Gasteiger partial charge in [-0.15, -0.1) is 11.6 Å². The second kappa shape index (κ2) is 6.64. The van der Waals surface area contributed by atoms with Gasteiger partial charge < -0.3 is 4.74 Å². The van der Waals surface area contributed by atoms with E-state index < -0.39 is 0 Å². The molecule has 0 aliphatic rings. The zero-order valence-electron chi connectivity index (χ0n) is 11.9. The fourth-order valence-corrected chi connectivity index (χ4v) is 2.84. The number of ether oxygens (including phenoxy) is 1. The van der Waals surface area contributed by atoms with Gasteiger partial charge in [0.2, 0.25) is 0 Å². The minimum atomic E-state index is -0.107. The van der Waals surface area contributed by atoms with E-state index in [1.807, 2.05) is 13.0 Å². The fourth-order valence-electron chi connectivity index (χ4n) is 2.13. The summed E-state index contributed by atoms with van der Waals surface area (Å²) < 4.78 is 6.51. The summed E-state index contributed by atoms with van der Waals surface area (Å²) in [6, 6.07) is 12.5. The number of aryl methyl sites for hydroxylation is 2. The Balaban J connectivity index is 2.26. The third kappa shape index (κ3) is 3.56. The zero-order chi connectivity index (χ0) is 14.7. The van der Waals surface area contributed by atoms with E-state index in [0.29, 0.717) is 0 Å². The van der Waals surface area contributed by atoms with Crippen molar-refractivity contribution in [2.75, 3.05) is 7.11 Å². The van der Waals surface area contributed by atoms with Crippen LogP contribution in [0.25, 0.3) is 0 Å². The molecular weight excluding hydrogens is 336 g/mol. The lowest BCUT2D eigenvalue weighted by Crippen LogP contribution is -2.00. The first-order chi connectivity index (χ1) is 9.51. The summed E-state index contributed by atoms with van der Waals surface area (Å²) in [6.45, 7) is 4.13. The van der Waals surface area contributed by atoms with Crippen molar-refractivity contribution < 1.29 is 4.74 Å². The number of alkyl halides is 1. The topological polar surface area (TPSA) is 9.23 Å². The molecule has 0 aliphatic heterocycles.